The van der Waals surface area contributed by atoms with Gasteiger partial charge in [0, 0.05) is 53.5 Å². The summed E-state index contributed by atoms with van der Waals surface area (Å²) >= 11 is 0. The molecule has 0 aliphatic heterocycles. The summed E-state index contributed by atoms with van der Waals surface area (Å²) in [6, 6.07) is 39.7. The Balaban J connectivity index is 0.000000778. The molecule has 12 nitrogen and oxygen atoms in total. The fourth-order valence-electron chi connectivity index (χ4n) is 4.62. The first kappa shape index (κ1) is 57.9. The zero-order chi connectivity index (χ0) is 49.6. The third kappa shape index (κ3) is 22.7. The Hall–Kier alpha value is -9.07. The Labute approximate surface area is 404 Å². The second-order valence-electron chi connectivity index (χ2n) is 13.3. The molecule has 0 spiro atoms. The van der Waals surface area contributed by atoms with Crippen LogP contribution in [-0.4, -0.2) is 34.7 Å². The van der Waals surface area contributed by atoms with Crippen molar-refractivity contribution >= 4 is 68.8 Å². The molecule has 0 saturated heterocycles. The number of hydrogen-bond acceptors (Lipinski definition) is 6. The third-order valence-electron chi connectivity index (χ3n) is 8.42. The van der Waals surface area contributed by atoms with Gasteiger partial charge in [0.1, 0.15) is 0 Å². The van der Waals surface area contributed by atoms with Crippen molar-refractivity contribution in [1.29, 1.82) is 0 Å². The van der Waals surface area contributed by atoms with Crippen LogP contribution in [0.3, 0.4) is 0 Å². The molecule has 0 heterocycles. The van der Waals surface area contributed by atoms with Crippen molar-refractivity contribution in [1.82, 2.24) is 0 Å². The Morgan fingerprint density at radius 1 is 0.239 bits per heavy atom. The minimum absolute atomic E-state index is 0. The predicted molar refractivity (Wildman–Crippen MR) is 256 cm³/mol. The van der Waals surface area contributed by atoms with E-state index >= 15 is 0 Å². The van der Waals surface area contributed by atoms with E-state index in [-0.39, 0.29) is 54.8 Å². The fourth-order valence-corrected chi connectivity index (χ4v) is 4.62. The largest absolute Gasteiger partial charge is 0.295 e. The Morgan fingerprint density at radius 3 is 0.388 bits per heavy atom. The Bertz CT molecular complexity index is 2360. The molecule has 0 unspecified atom stereocenters. The summed E-state index contributed by atoms with van der Waals surface area (Å²) in [7, 11) is 0. The van der Waals surface area contributed by atoms with Gasteiger partial charge in [-0.25, -0.2) is 29.1 Å². The molecule has 6 rings (SSSR count). The Morgan fingerprint density at radius 2 is 0.328 bits per heavy atom. The molecule has 0 atom stereocenters. The molecular formula is C54H42N6O6Tc. The van der Waals surface area contributed by atoms with Crippen molar-refractivity contribution in [3.63, 3.8) is 0 Å². The van der Waals surface area contributed by atoms with E-state index in [0.717, 1.165) is 0 Å². The number of benzene rings is 6. The van der Waals surface area contributed by atoms with E-state index in [1.165, 1.54) is 41.5 Å². The zero-order valence-electron chi connectivity index (χ0n) is 37.4. The van der Waals surface area contributed by atoms with Gasteiger partial charge in [0.15, 0.2) is 68.8 Å². The molecule has 0 N–H and O–H groups in total. The van der Waals surface area contributed by atoms with E-state index in [1.54, 1.807) is 146 Å². The predicted octanol–water partition coefficient (Wildman–Crippen LogP) is 14.6. The molecule has 67 heavy (non-hydrogen) atoms. The van der Waals surface area contributed by atoms with Crippen LogP contribution in [0.2, 0.25) is 0 Å². The van der Waals surface area contributed by atoms with Crippen molar-refractivity contribution in [3.8, 4) is 0 Å². The molecule has 6 aromatic rings. The molecule has 0 aromatic heterocycles. The van der Waals surface area contributed by atoms with Gasteiger partial charge in [0.25, 0.3) is 0 Å². The van der Waals surface area contributed by atoms with Gasteiger partial charge in [-0.1, -0.05) is 146 Å². The third-order valence-corrected chi connectivity index (χ3v) is 8.42. The van der Waals surface area contributed by atoms with Gasteiger partial charge in [0.05, 0.1) is 39.4 Å². The minimum atomic E-state index is 0. The van der Waals surface area contributed by atoms with Gasteiger partial charge in [-0.05, 0) is 41.5 Å². The zero-order valence-corrected chi connectivity index (χ0v) is 39.2. The maximum atomic E-state index is 10.8. The second kappa shape index (κ2) is 31.7. The summed E-state index contributed by atoms with van der Waals surface area (Å²) in [6.07, 6.45) is 0. The van der Waals surface area contributed by atoms with E-state index < -0.39 is 0 Å². The molecule has 0 aliphatic rings. The second-order valence-corrected chi connectivity index (χ2v) is 13.3. The first-order valence-electron chi connectivity index (χ1n) is 19.3. The van der Waals surface area contributed by atoms with Crippen LogP contribution < -0.4 is 0 Å². The van der Waals surface area contributed by atoms with Crippen LogP contribution in [0, 0.1) is 39.4 Å². The van der Waals surface area contributed by atoms with Gasteiger partial charge in [0.2, 0.25) is 0 Å². The van der Waals surface area contributed by atoms with E-state index in [4.69, 9.17) is 39.4 Å². The number of nitrogens with zero attached hydrogens (tertiary/aromatic N) is 6. The quantitative estimate of drug-likeness (QED) is 0.121. The van der Waals surface area contributed by atoms with Crippen molar-refractivity contribution < 1.29 is 48.9 Å². The number of ketones is 6. The van der Waals surface area contributed by atoms with Crippen LogP contribution in [0.1, 0.15) is 104 Å². The molecular weight excluding hydrogens is 928 g/mol. The van der Waals surface area contributed by atoms with E-state index in [9.17, 15) is 28.8 Å². The molecule has 331 valence electrons. The number of carbonyl (C=O) groups excluding carboxylic acids is 6. The standard InChI is InChI=1S/6C9H7NO.Tc/c6*1-7(11)8-3-5-9(10-2)6-4-8;/h6*3-6H,1H3;/i;;;;;;1+1. The molecule has 0 aliphatic carbocycles. The summed E-state index contributed by atoms with van der Waals surface area (Å²) < 4.78 is 0. The van der Waals surface area contributed by atoms with Crippen molar-refractivity contribution in [2.75, 3.05) is 0 Å². The van der Waals surface area contributed by atoms with Gasteiger partial charge in [-0.3, -0.25) is 28.8 Å². The van der Waals surface area contributed by atoms with E-state index in [2.05, 4.69) is 29.1 Å². The molecule has 0 saturated carbocycles. The van der Waals surface area contributed by atoms with E-state index in [0.29, 0.717) is 67.5 Å². The van der Waals surface area contributed by atoms with Crippen molar-refractivity contribution in [2.45, 2.75) is 41.5 Å². The monoisotopic (exact) mass is 969 g/mol. The van der Waals surface area contributed by atoms with E-state index in [1.807, 2.05) is 0 Å². The number of Topliss-reactive ketones (excluding diaryl/α,β-unsaturated/α-hetero) is 6. The van der Waals surface area contributed by atoms with Crippen LogP contribution in [0.25, 0.3) is 29.1 Å². The van der Waals surface area contributed by atoms with Crippen molar-refractivity contribution in [2.24, 2.45) is 0 Å². The number of rotatable bonds is 6. The topological polar surface area (TPSA) is 129 Å². The van der Waals surface area contributed by atoms with Gasteiger partial charge < -0.3 is 0 Å². The minimum Gasteiger partial charge on any atom is -0.295 e. The average Bonchev–Trinajstić information content (AvgIpc) is 3.35. The average molecular weight is 970 g/mol. The van der Waals surface area contributed by atoms with Crippen molar-refractivity contribution in [3.05, 3.63) is 247 Å². The van der Waals surface area contributed by atoms with Crippen LogP contribution in [0.4, 0.5) is 34.1 Å². The van der Waals surface area contributed by atoms with Gasteiger partial charge in [-0.15, -0.1) is 0 Å². The molecule has 0 fully saturated rings. The Kier molecular flexibility index (Phi) is 27.4. The summed E-state index contributed by atoms with van der Waals surface area (Å²) in [5.41, 5.74) is 7.29. The molecule has 0 bridgehead atoms. The number of carbonyl (C=O) groups is 6. The smallest absolute Gasteiger partial charge is 0.187 e. The molecule has 1 radical (unpaired) electrons. The molecule has 0 amide bonds. The maximum absolute atomic E-state index is 10.8. The number of hydrogen-bond donors (Lipinski definition) is 0. The summed E-state index contributed by atoms with van der Waals surface area (Å²) in [6.45, 7) is 49.0. The van der Waals surface area contributed by atoms with Crippen LogP contribution in [0.5, 0.6) is 0 Å². The summed E-state index contributed by atoms with van der Waals surface area (Å²) in [5.74, 6) is 0.175. The summed E-state index contributed by atoms with van der Waals surface area (Å²) in [5, 5.41) is 0. The van der Waals surface area contributed by atoms with Gasteiger partial charge in [-0.2, -0.15) is 0 Å². The van der Waals surface area contributed by atoms with Gasteiger partial charge >= 0.3 is 0 Å². The SMILES string of the molecule is [99Tc].[C-]#[N+]c1ccc(C(C)=O)cc1.[C-]#[N+]c1ccc(C(C)=O)cc1.[C-]#[N+]c1ccc(C(C)=O)cc1.[C-]#[N+]c1ccc(C(C)=O)cc1.[C-]#[N+]c1ccc(C(C)=O)cc1.[C-]#[N+]c1ccc(C(C)=O)cc1. The van der Waals surface area contributed by atoms with Crippen LogP contribution in [-0.2, 0) is 20.1 Å². The first-order chi connectivity index (χ1) is 31.4. The molecule has 13 heteroatoms. The summed E-state index contributed by atoms with van der Waals surface area (Å²) in [4.78, 5) is 83.9. The first-order valence-corrected chi connectivity index (χ1v) is 19.3. The molecule has 6 aromatic carbocycles. The van der Waals surface area contributed by atoms with Crippen LogP contribution >= 0.6 is 0 Å². The fraction of sp³-hybridized carbons (Fsp3) is 0.111. The normalized spacial score (nSPS) is 8.60. The maximum Gasteiger partial charge on any atom is 0.187 e. The van der Waals surface area contributed by atoms with Crippen LogP contribution in [0.15, 0.2) is 146 Å².